The molecule has 134 valence electrons. The quantitative estimate of drug-likeness (QED) is 0.237. The molecule has 0 aromatic heterocycles. The second-order valence-electron chi connectivity index (χ2n) is 3.90. The fourth-order valence-electron chi connectivity index (χ4n) is 1.28. The van der Waals surface area contributed by atoms with Crippen LogP contribution in [0.4, 0.5) is 0 Å². The molecule has 0 aliphatic carbocycles. The SMILES string of the molecule is CCOC(=O)C(C=O)C=O.CCOC(=O)CC(OCC)OCC. The Kier molecular flexibility index (Phi) is 16.9. The number of carbonyl (C=O) groups excluding carboxylic acids is 4. The summed E-state index contributed by atoms with van der Waals surface area (Å²) in [5.41, 5.74) is 0. The van der Waals surface area contributed by atoms with E-state index in [1.165, 1.54) is 0 Å². The van der Waals surface area contributed by atoms with Gasteiger partial charge in [0.25, 0.3) is 0 Å². The molecule has 0 saturated carbocycles. The van der Waals surface area contributed by atoms with Crippen molar-refractivity contribution in [1.29, 1.82) is 0 Å². The molecule has 8 heteroatoms. The summed E-state index contributed by atoms with van der Waals surface area (Å²) < 4.78 is 19.5. The Morgan fingerprint density at radius 2 is 1.30 bits per heavy atom. The van der Waals surface area contributed by atoms with E-state index in [2.05, 4.69) is 4.74 Å². The molecule has 0 aliphatic rings. The number of hydrogen-bond donors (Lipinski definition) is 0. The molecule has 8 nitrogen and oxygen atoms in total. The minimum absolute atomic E-state index is 0.162. The summed E-state index contributed by atoms with van der Waals surface area (Å²) in [6, 6.07) is 0. The van der Waals surface area contributed by atoms with Crippen molar-refractivity contribution in [3.63, 3.8) is 0 Å². The summed E-state index contributed by atoms with van der Waals surface area (Å²) in [5, 5.41) is 0. The Labute approximate surface area is 136 Å². The van der Waals surface area contributed by atoms with Crippen LogP contribution in [0.15, 0.2) is 0 Å². The molecule has 0 N–H and O–H groups in total. The summed E-state index contributed by atoms with van der Waals surface area (Å²) in [4.78, 5) is 41.4. The van der Waals surface area contributed by atoms with Gasteiger partial charge in [-0.15, -0.1) is 0 Å². The van der Waals surface area contributed by atoms with Crippen LogP contribution < -0.4 is 0 Å². The van der Waals surface area contributed by atoms with Crippen LogP contribution in [0.25, 0.3) is 0 Å². The average Bonchev–Trinajstić information content (AvgIpc) is 2.50. The number of carbonyl (C=O) groups is 4. The molecule has 0 aromatic carbocycles. The van der Waals surface area contributed by atoms with E-state index < -0.39 is 18.2 Å². The van der Waals surface area contributed by atoms with E-state index in [1.807, 2.05) is 13.8 Å². The van der Waals surface area contributed by atoms with Gasteiger partial charge in [0.15, 0.2) is 12.2 Å². The highest BCUT2D eigenvalue weighted by Crippen LogP contribution is 2.02. The molecule has 0 radical (unpaired) electrons. The number of esters is 2. The minimum atomic E-state index is -1.25. The first-order chi connectivity index (χ1) is 11.0. The monoisotopic (exact) mass is 334 g/mol. The van der Waals surface area contributed by atoms with Gasteiger partial charge in [0.2, 0.25) is 0 Å². The maximum atomic E-state index is 11.0. The molecule has 0 fully saturated rings. The summed E-state index contributed by atoms with van der Waals surface area (Å²) in [6.45, 7) is 8.72. The highest BCUT2D eigenvalue weighted by Gasteiger charge is 2.16. The van der Waals surface area contributed by atoms with Gasteiger partial charge < -0.3 is 28.5 Å². The van der Waals surface area contributed by atoms with Crippen LogP contribution in [0, 0.1) is 5.92 Å². The third-order valence-corrected chi connectivity index (χ3v) is 2.20. The summed E-state index contributed by atoms with van der Waals surface area (Å²) in [7, 11) is 0. The van der Waals surface area contributed by atoms with Crippen molar-refractivity contribution in [2.75, 3.05) is 26.4 Å². The van der Waals surface area contributed by atoms with Gasteiger partial charge in [0.05, 0.1) is 19.6 Å². The molecule has 0 unspecified atom stereocenters. The van der Waals surface area contributed by atoms with Crippen LogP contribution in [0.2, 0.25) is 0 Å². The summed E-state index contributed by atoms with van der Waals surface area (Å²) in [5.74, 6) is -2.32. The second-order valence-corrected chi connectivity index (χ2v) is 3.90. The van der Waals surface area contributed by atoms with E-state index >= 15 is 0 Å². The van der Waals surface area contributed by atoms with Crippen LogP contribution in [-0.2, 0) is 38.1 Å². The molecule has 0 heterocycles. The average molecular weight is 334 g/mol. The fraction of sp³-hybridized carbons (Fsp3) is 0.733. The van der Waals surface area contributed by atoms with Crippen LogP contribution in [0.1, 0.15) is 34.1 Å². The van der Waals surface area contributed by atoms with Crippen LogP contribution in [0.3, 0.4) is 0 Å². The van der Waals surface area contributed by atoms with E-state index in [9.17, 15) is 19.2 Å². The zero-order valence-electron chi connectivity index (χ0n) is 14.1. The van der Waals surface area contributed by atoms with Crippen molar-refractivity contribution in [2.24, 2.45) is 5.92 Å². The molecule has 0 aliphatic heterocycles. The lowest BCUT2D eigenvalue weighted by atomic mass is 10.2. The predicted molar refractivity (Wildman–Crippen MR) is 80.5 cm³/mol. The van der Waals surface area contributed by atoms with E-state index in [-0.39, 0.29) is 31.6 Å². The second kappa shape index (κ2) is 16.6. The van der Waals surface area contributed by atoms with Gasteiger partial charge in [-0.2, -0.15) is 0 Å². The van der Waals surface area contributed by atoms with E-state index in [1.54, 1.807) is 13.8 Å². The fourth-order valence-corrected chi connectivity index (χ4v) is 1.28. The zero-order chi connectivity index (χ0) is 18.1. The van der Waals surface area contributed by atoms with E-state index in [0.717, 1.165) is 0 Å². The molecule has 0 bridgehead atoms. The predicted octanol–water partition coefficient (Wildman–Crippen LogP) is 0.902. The molecule has 0 atom stereocenters. The molecule has 23 heavy (non-hydrogen) atoms. The van der Waals surface area contributed by atoms with Crippen molar-refractivity contribution in [1.82, 2.24) is 0 Å². The van der Waals surface area contributed by atoms with Gasteiger partial charge in [0.1, 0.15) is 12.6 Å². The molecule has 0 rings (SSSR count). The minimum Gasteiger partial charge on any atom is -0.466 e. The number of hydrogen-bond acceptors (Lipinski definition) is 8. The standard InChI is InChI=1S/C9H18O4.C6H8O4/c1-4-11-8(10)7-9(12-5-2)13-6-3;1-2-10-6(9)5(3-7)4-8/h9H,4-7H2,1-3H3;3-5H,2H2,1H3. The lowest BCUT2D eigenvalue weighted by Gasteiger charge is -2.15. The van der Waals surface area contributed by atoms with Crippen molar-refractivity contribution < 1.29 is 38.1 Å². The maximum Gasteiger partial charge on any atom is 0.323 e. The Morgan fingerprint density at radius 1 is 0.826 bits per heavy atom. The van der Waals surface area contributed by atoms with Gasteiger partial charge >= 0.3 is 11.9 Å². The molecule has 0 aromatic rings. The number of ether oxygens (including phenoxy) is 4. The van der Waals surface area contributed by atoms with Gasteiger partial charge in [-0.3, -0.25) is 9.59 Å². The highest BCUT2D eigenvalue weighted by molar-refractivity contribution is 6.02. The van der Waals surface area contributed by atoms with Crippen LogP contribution >= 0.6 is 0 Å². The Hall–Kier alpha value is -1.80. The third kappa shape index (κ3) is 13.6. The Bertz CT molecular complexity index is 328. The zero-order valence-corrected chi connectivity index (χ0v) is 14.1. The van der Waals surface area contributed by atoms with Gasteiger partial charge in [-0.05, 0) is 27.7 Å². The van der Waals surface area contributed by atoms with E-state index in [4.69, 9.17) is 14.2 Å². The Balaban J connectivity index is 0. The molecule has 0 amide bonds. The third-order valence-electron chi connectivity index (χ3n) is 2.20. The molecule has 0 saturated heterocycles. The summed E-state index contributed by atoms with van der Waals surface area (Å²) >= 11 is 0. The smallest absolute Gasteiger partial charge is 0.323 e. The van der Waals surface area contributed by atoms with Crippen molar-refractivity contribution >= 4 is 24.5 Å². The van der Waals surface area contributed by atoms with Crippen LogP contribution in [-0.4, -0.2) is 57.2 Å². The van der Waals surface area contributed by atoms with Crippen LogP contribution in [0.5, 0.6) is 0 Å². The molecule has 0 spiro atoms. The van der Waals surface area contributed by atoms with Gasteiger partial charge in [-0.1, -0.05) is 0 Å². The number of rotatable bonds is 11. The summed E-state index contributed by atoms with van der Waals surface area (Å²) in [6.07, 6.45) is 0.208. The number of aldehydes is 2. The molecular weight excluding hydrogens is 308 g/mol. The lowest BCUT2D eigenvalue weighted by molar-refractivity contribution is -0.168. The van der Waals surface area contributed by atoms with Gasteiger partial charge in [0, 0.05) is 13.2 Å². The lowest BCUT2D eigenvalue weighted by Crippen LogP contribution is -2.22. The van der Waals surface area contributed by atoms with Crippen molar-refractivity contribution in [3.8, 4) is 0 Å². The first-order valence-corrected chi connectivity index (χ1v) is 7.46. The van der Waals surface area contributed by atoms with Crippen molar-refractivity contribution in [2.45, 2.75) is 40.4 Å². The topological polar surface area (TPSA) is 105 Å². The van der Waals surface area contributed by atoms with Crippen molar-refractivity contribution in [3.05, 3.63) is 0 Å². The Morgan fingerprint density at radius 3 is 1.65 bits per heavy atom. The van der Waals surface area contributed by atoms with E-state index in [0.29, 0.717) is 19.8 Å². The molecular formula is C15H26O8. The first-order valence-electron chi connectivity index (χ1n) is 7.46. The largest absolute Gasteiger partial charge is 0.466 e. The highest BCUT2D eigenvalue weighted by atomic mass is 16.7. The normalized spacial score (nSPS) is 9.83. The maximum absolute atomic E-state index is 11.0. The van der Waals surface area contributed by atoms with Gasteiger partial charge in [-0.25, -0.2) is 0 Å². The first kappa shape index (κ1) is 23.5.